The van der Waals surface area contributed by atoms with Gasteiger partial charge in [0.25, 0.3) is 5.91 Å². The number of aromatic amines is 1. The summed E-state index contributed by atoms with van der Waals surface area (Å²) in [4.78, 5) is 25.7. The molecular formula is C16H18N2O2. The molecule has 1 heterocycles. The highest BCUT2D eigenvalue weighted by Crippen LogP contribution is 2.27. The summed E-state index contributed by atoms with van der Waals surface area (Å²) in [5.74, 6) is 0.0775. The third kappa shape index (κ3) is 2.79. The van der Waals surface area contributed by atoms with E-state index in [2.05, 4.69) is 24.1 Å². The number of para-hydroxylation sites is 1. The molecule has 2 N–H and O–H groups in total. The van der Waals surface area contributed by atoms with Crippen molar-refractivity contribution in [3.8, 4) is 0 Å². The van der Waals surface area contributed by atoms with E-state index in [-0.39, 0.29) is 5.91 Å². The molecule has 4 heteroatoms. The van der Waals surface area contributed by atoms with Gasteiger partial charge in [-0.3, -0.25) is 9.59 Å². The largest absolute Gasteiger partial charge is 0.356 e. The van der Waals surface area contributed by atoms with E-state index in [1.807, 2.05) is 25.1 Å². The minimum atomic E-state index is -0.241. The number of rotatable bonds is 4. The number of carbonyl (C=O) groups is 2. The van der Waals surface area contributed by atoms with Crippen LogP contribution in [0.15, 0.2) is 30.5 Å². The lowest BCUT2D eigenvalue weighted by Crippen LogP contribution is -2.15. The summed E-state index contributed by atoms with van der Waals surface area (Å²) in [6.07, 6.45) is 2.23. The fourth-order valence-electron chi connectivity index (χ4n) is 2.13. The minimum absolute atomic E-state index is 0.241. The van der Waals surface area contributed by atoms with Gasteiger partial charge < -0.3 is 10.3 Å². The molecule has 0 atom stereocenters. The van der Waals surface area contributed by atoms with E-state index in [0.717, 1.165) is 16.8 Å². The zero-order valence-electron chi connectivity index (χ0n) is 11.9. The van der Waals surface area contributed by atoms with Crippen LogP contribution in [0.1, 0.15) is 51.7 Å². The topological polar surface area (TPSA) is 62.0 Å². The maximum atomic E-state index is 12.2. The summed E-state index contributed by atoms with van der Waals surface area (Å²) in [5.41, 5.74) is 3.80. The van der Waals surface area contributed by atoms with Crippen molar-refractivity contribution in [2.45, 2.75) is 26.7 Å². The van der Waals surface area contributed by atoms with Gasteiger partial charge in [-0.05, 0) is 30.0 Å². The zero-order chi connectivity index (χ0) is 14.7. The summed E-state index contributed by atoms with van der Waals surface area (Å²) < 4.78 is 0. The Labute approximate surface area is 118 Å². The molecule has 0 radical (unpaired) electrons. The van der Waals surface area contributed by atoms with Gasteiger partial charge in [-0.15, -0.1) is 0 Å². The second kappa shape index (κ2) is 5.74. The molecule has 1 aromatic heterocycles. The Hall–Kier alpha value is -2.36. The Morgan fingerprint density at radius 2 is 2.10 bits per heavy atom. The predicted octanol–water partition coefficient (Wildman–Crippen LogP) is 3.51. The Balaban J connectivity index is 2.29. The van der Waals surface area contributed by atoms with Crippen LogP contribution in [0.3, 0.4) is 0 Å². The molecule has 0 spiro atoms. The van der Waals surface area contributed by atoms with Gasteiger partial charge in [0.1, 0.15) is 5.69 Å². The first-order valence-corrected chi connectivity index (χ1v) is 6.57. The van der Waals surface area contributed by atoms with Gasteiger partial charge in [-0.2, -0.15) is 0 Å². The van der Waals surface area contributed by atoms with Crippen LogP contribution in [0.2, 0.25) is 0 Å². The van der Waals surface area contributed by atoms with Gasteiger partial charge >= 0.3 is 0 Å². The number of amides is 1. The molecule has 2 rings (SSSR count). The number of aromatic nitrogens is 1. The number of benzene rings is 1. The van der Waals surface area contributed by atoms with Crippen molar-refractivity contribution in [1.82, 2.24) is 4.98 Å². The molecule has 4 nitrogen and oxygen atoms in total. The fraction of sp³-hybridized carbons (Fsp3) is 0.250. The first kappa shape index (κ1) is 14.1. The molecule has 0 saturated carbocycles. The second-order valence-electron chi connectivity index (χ2n) is 5.11. The van der Waals surface area contributed by atoms with Gasteiger partial charge in [0, 0.05) is 17.4 Å². The van der Waals surface area contributed by atoms with Crippen LogP contribution < -0.4 is 5.32 Å². The predicted molar refractivity (Wildman–Crippen MR) is 79.4 cm³/mol. The Bertz CT molecular complexity index is 642. The molecule has 0 saturated heterocycles. The smallest absolute Gasteiger partial charge is 0.272 e. The number of aldehydes is 1. The quantitative estimate of drug-likeness (QED) is 0.835. The summed E-state index contributed by atoms with van der Waals surface area (Å²) in [6.45, 7) is 6.14. The number of nitrogens with one attached hydrogen (secondary N) is 2. The Morgan fingerprint density at radius 1 is 1.35 bits per heavy atom. The normalized spacial score (nSPS) is 10.6. The summed E-state index contributed by atoms with van der Waals surface area (Å²) >= 11 is 0. The molecule has 0 aliphatic heterocycles. The molecule has 2 aromatic rings. The van der Waals surface area contributed by atoms with Gasteiger partial charge in [-0.25, -0.2) is 0 Å². The van der Waals surface area contributed by atoms with Crippen molar-refractivity contribution in [3.05, 3.63) is 52.8 Å². The van der Waals surface area contributed by atoms with E-state index in [1.54, 1.807) is 0 Å². The van der Waals surface area contributed by atoms with Gasteiger partial charge in [0.05, 0.1) is 0 Å². The first-order chi connectivity index (χ1) is 9.52. The molecular weight excluding hydrogens is 252 g/mol. The molecule has 1 amide bonds. The van der Waals surface area contributed by atoms with E-state index < -0.39 is 0 Å². The van der Waals surface area contributed by atoms with Crippen molar-refractivity contribution in [2.75, 3.05) is 5.32 Å². The van der Waals surface area contributed by atoms with Gasteiger partial charge in [-0.1, -0.05) is 32.0 Å². The number of carbonyl (C=O) groups excluding carboxylic acids is 2. The SMILES string of the molecule is Cc1cccc(C(C)C)c1NC(=O)c1cc(C=O)c[nH]1. The average Bonchev–Trinajstić information content (AvgIpc) is 2.89. The highest BCUT2D eigenvalue weighted by Gasteiger charge is 2.14. The number of hydrogen-bond donors (Lipinski definition) is 2. The summed E-state index contributed by atoms with van der Waals surface area (Å²) in [5, 5.41) is 2.93. The van der Waals surface area contributed by atoms with Crippen molar-refractivity contribution in [3.63, 3.8) is 0 Å². The van der Waals surface area contributed by atoms with Crippen molar-refractivity contribution < 1.29 is 9.59 Å². The van der Waals surface area contributed by atoms with Crippen LogP contribution in [-0.2, 0) is 0 Å². The van der Waals surface area contributed by atoms with E-state index in [4.69, 9.17) is 0 Å². The first-order valence-electron chi connectivity index (χ1n) is 6.57. The Kier molecular flexibility index (Phi) is 4.03. The molecule has 0 unspecified atom stereocenters. The van der Waals surface area contributed by atoms with Crippen molar-refractivity contribution >= 4 is 17.9 Å². The van der Waals surface area contributed by atoms with E-state index in [1.165, 1.54) is 12.3 Å². The van der Waals surface area contributed by atoms with E-state index in [0.29, 0.717) is 23.5 Å². The Morgan fingerprint density at radius 3 is 2.70 bits per heavy atom. The molecule has 0 bridgehead atoms. The van der Waals surface area contributed by atoms with Crippen LogP contribution >= 0.6 is 0 Å². The van der Waals surface area contributed by atoms with Crippen LogP contribution in [0.5, 0.6) is 0 Å². The minimum Gasteiger partial charge on any atom is -0.356 e. The average molecular weight is 270 g/mol. The summed E-state index contributed by atoms with van der Waals surface area (Å²) in [6, 6.07) is 7.50. The van der Waals surface area contributed by atoms with Gasteiger partial charge in [0.15, 0.2) is 6.29 Å². The van der Waals surface area contributed by atoms with E-state index in [9.17, 15) is 9.59 Å². The van der Waals surface area contributed by atoms with Crippen LogP contribution in [0, 0.1) is 6.92 Å². The lowest BCUT2D eigenvalue weighted by Gasteiger charge is -2.16. The molecule has 0 aliphatic carbocycles. The third-order valence-corrected chi connectivity index (χ3v) is 3.25. The van der Waals surface area contributed by atoms with Crippen LogP contribution in [-0.4, -0.2) is 17.2 Å². The third-order valence-electron chi connectivity index (χ3n) is 3.25. The monoisotopic (exact) mass is 270 g/mol. The number of anilines is 1. The molecule has 1 aromatic carbocycles. The molecule has 20 heavy (non-hydrogen) atoms. The van der Waals surface area contributed by atoms with Crippen LogP contribution in [0.25, 0.3) is 0 Å². The second-order valence-corrected chi connectivity index (χ2v) is 5.11. The fourth-order valence-corrected chi connectivity index (χ4v) is 2.13. The maximum absolute atomic E-state index is 12.2. The molecule has 0 aliphatic rings. The van der Waals surface area contributed by atoms with E-state index >= 15 is 0 Å². The molecule has 104 valence electrons. The lowest BCUT2D eigenvalue weighted by atomic mass is 9.98. The lowest BCUT2D eigenvalue weighted by molar-refractivity contribution is 0.102. The highest BCUT2D eigenvalue weighted by molar-refractivity contribution is 6.04. The van der Waals surface area contributed by atoms with Crippen LogP contribution in [0.4, 0.5) is 5.69 Å². The van der Waals surface area contributed by atoms with Crippen molar-refractivity contribution in [1.29, 1.82) is 0 Å². The number of H-pyrrole nitrogens is 1. The van der Waals surface area contributed by atoms with Gasteiger partial charge in [0.2, 0.25) is 0 Å². The van der Waals surface area contributed by atoms with Crippen molar-refractivity contribution in [2.24, 2.45) is 0 Å². The number of aryl methyl sites for hydroxylation is 1. The maximum Gasteiger partial charge on any atom is 0.272 e. The zero-order valence-corrected chi connectivity index (χ0v) is 11.9. The highest BCUT2D eigenvalue weighted by atomic mass is 16.2. The summed E-state index contributed by atoms with van der Waals surface area (Å²) in [7, 11) is 0. The molecule has 0 fully saturated rings. The number of hydrogen-bond acceptors (Lipinski definition) is 2. The standard InChI is InChI=1S/C16H18N2O2/c1-10(2)13-6-4-5-11(3)15(13)18-16(20)14-7-12(9-19)8-17-14/h4-10,17H,1-3H3,(H,18,20).